The minimum Gasteiger partial charge on any atom is -0.372 e. The Morgan fingerprint density at radius 1 is 1.24 bits per heavy atom. The van der Waals surface area contributed by atoms with Gasteiger partial charge in [0.05, 0.1) is 16.8 Å². The van der Waals surface area contributed by atoms with E-state index in [1.54, 1.807) is 30.3 Å². The molecule has 2 aromatic rings. The third-order valence-electron chi connectivity index (χ3n) is 2.88. The van der Waals surface area contributed by atoms with E-state index >= 15 is 0 Å². The van der Waals surface area contributed by atoms with Gasteiger partial charge in [0.25, 0.3) is 5.91 Å². The average Bonchev–Trinajstić information content (AvgIpc) is 2.45. The van der Waals surface area contributed by atoms with Gasteiger partial charge in [-0.1, -0.05) is 30.3 Å². The zero-order valence-corrected chi connectivity index (χ0v) is 11.0. The largest absolute Gasteiger partial charge is 0.417 e. The van der Waals surface area contributed by atoms with Crippen molar-refractivity contribution in [1.29, 1.82) is 0 Å². The maximum absolute atomic E-state index is 13.2. The minimum absolute atomic E-state index is 0.109. The smallest absolute Gasteiger partial charge is 0.372 e. The molecule has 110 valence electrons. The molecule has 21 heavy (non-hydrogen) atoms. The first-order valence-corrected chi connectivity index (χ1v) is 5.99. The zero-order valence-electron chi connectivity index (χ0n) is 11.0. The number of nitrogens with two attached hydrogens (primary N) is 1. The summed E-state index contributed by atoms with van der Waals surface area (Å²) in [4.78, 5) is 15.4. The maximum Gasteiger partial charge on any atom is 0.417 e. The van der Waals surface area contributed by atoms with Crippen LogP contribution in [-0.4, -0.2) is 17.9 Å². The van der Waals surface area contributed by atoms with E-state index in [9.17, 15) is 18.0 Å². The second-order valence-corrected chi connectivity index (χ2v) is 4.26. The minimum atomic E-state index is -4.71. The molecular formula is C14H12F3N3O. The fourth-order valence-corrected chi connectivity index (χ4v) is 1.96. The number of carbonyl (C=O) groups excluding carboxylic acids is 1. The van der Waals surface area contributed by atoms with Gasteiger partial charge in [0, 0.05) is 12.6 Å². The van der Waals surface area contributed by atoms with Gasteiger partial charge < -0.3 is 11.1 Å². The van der Waals surface area contributed by atoms with Crippen molar-refractivity contribution in [2.45, 2.75) is 6.18 Å². The first-order valence-electron chi connectivity index (χ1n) is 5.99. The number of nitrogens with zero attached hydrogens (tertiary/aromatic N) is 1. The van der Waals surface area contributed by atoms with Crippen LogP contribution in [0.5, 0.6) is 0 Å². The van der Waals surface area contributed by atoms with Crippen LogP contribution in [-0.2, 0) is 6.18 Å². The Morgan fingerprint density at radius 2 is 1.86 bits per heavy atom. The van der Waals surface area contributed by atoms with Gasteiger partial charge in [0.1, 0.15) is 5.82 Å². The van der Waals surface area contributed by atoms with Crippen LogP contribution in [0.3, 0.4) is 0 Å². The zero-order chi connectivity index (χ0) is 15.6. The Morgan fingerprint density at radius 3 is 2.33 bits per heavy atom. The highest BCUT2D eigenvalue weighted by molar-refractivity contribution is 5.99. The molecule has 1 heterocycles. The summed E-state index contributed by atoms with van der Waals surface area (Å²) < 4.78 is 39.5. The highest BCUT2D eigenvalue weighted by Gasteiger charge is 2.37. The van der Waals surface area contributed by atoms with Gasteiger partial charge in [-0.25, -0.2) is 4.98 Å². The lowest BCUT2D eigenvalue weighted by molar-refractivity contribution is -0.137. The van der Waals surface area contributed by atoms with E-state index in [4.69, 9.17) is 5.73 Å². The van der Waals surface area contributed by atoms with E-state index in [-0.39, 0.29) is 11.5 Å². The van der Waals surface area contributed by atoms with E-state index in [0.717, 1.165) is 6.07 Å². The van der Waals surface area contributed by atoms with E-state index in [0.29, 0.717) is 5.56 Å². The van der Waals surface area contributed by atoms with Crippen LogP contribution in [0.1, 0.15) is 15.9 Å². The Bertz CT molecular complexity index is 669. The third-order valence-corrected chi connectivity index (χ3v) is 2.88. The van der Waals surface area contributed by atoms with Crippen LogP contribution in [0.25, 0.3) is 11.3 Å². The van der Waals surface area contributed by atoms with Crippen molar-refractivity contribution in [2.75, 3.05) is 12.4 Å². The Labute approximate surface area is 118 Å². The van der Waals surface area contributed by atoms with Gasteiger partial charge in [0.15, 0.2) is 0 Å². The van der Waals surface area contributed by atoms with Crippen molar-refractivity contribution >= 4 is 11.7 Å². The standard InChI is InChI=1S/C14H12F3N3O/c1-19-13-11(12(18)21)9(14(15,16)17)7-10(20-13)8-5-3-2-4-6-8/h2-7H,1H3,(H2,18,21)(H,19,20). The fraction of sp³-hybridized carbons (Fsp3) is 0.143. The molecule has 2 rings (SSSR count). The number of amides is 1. The molecule has 7 heteroatoms. The van der Waals surface area contributed by atoms with E-state index in [1.165, 1.54) is 7.05 Å². The summed E-state index contributed by atoms with van der Waals surface area (Å²) in [5.74, 6) is -1.38. The molecule has 1 aromatic carbocycles. The highest BCUT2D eigenvalue weighted by atomic mass is 19.4. The Hall–Kier alpha value is -2.57. The lowest BCUT2D eigenvalue weighted by Gasteiger charge is -2.16. The molecule has 0 unspecified atom stereocenters. The van der Waals surface area contributed by atoms with Crippen LogP contribution < -0.4 is 11.1 Å². The van der Waals surface area contributed by atoms with Crippen molar-refractivity contribution < 1.29 is 18.0 Å². The molecule has 0 fully saturated rings. The Balaban J connectivity index is 2.75. The SMILES string of the molecule is CNc1nc(-c2ccccc2)cc(C(F)(F)F)c1C(N)=O. The molecule has 0 spiro atoms. The van der Waals surface area contributed by atoms with Crippen molar-refractivity contribution in [1.82, 2.24) is 4.98 Å². The van der Waals surface area contributed by atoms with Gasteiger partial charge >= 0.3 is 6.18 Å². The molecule has 1 aromatic heterocycles. The first-order chi connectivity index (χ1) is 9.84. The maximum atomic E-state index is 13.2. The van der Waals surface area contributed by atoms with E-state index in [1.807, 2.05) is 0 Å². The van der Waals surface area contributed by atoms with Gasteiger partial charge in [-0.3, -0.25) is 4.79 Å². The number of halogens is 3. The van der Waals surface area contributed by atoms with Gasteiger partial charge in [-0.15, -0.1) is 0 Å². The molecular weight excluding hydrogens is 283 g/mol. The van der Waals surface area contributed by atoms with Crippen LogP contribution >= 0.6 is 0 Å². The lowest BCUT2D eigenvalue weighted by Crippen LogP contribution is -2.22. The number of pyridine rings is 1. The summed E-state index contributed by atoms with van der Waals surface area (Å²) in [7, 11) is 1.38. The molecule has 3 N–H and O–H groups in total. The monoisotopic (exact) mass is 295 g/mol. The third kappa shape index (κ3) is 2.96. The topological polar surface area (TPSA) is 68.0 Å². The van der Waals surface area contributed by atoms with Gasteiger partial charge in [-0.2, -0.15) is 13.2 Å². The quantitative estimate of drug-likeness (QED) is 0.915. The Kier molecular flexibility index (Phi) is 3.84. The summed E-state index contributed by atoms with van der Waals surface area (Å²) in [5, 5.41) is 2.49. The van der Waals surface area contributed by atoms with E-state index in [2.05, 4.69) is 10.3 Å². The summed E-state index contributed by atoms with van der Waals surface area (Å²) in [6, 6.07) is 9.20. The molecule has 0 saturated heterocycles. The second-order valence-electron chi connectivity index (χ2n) is 4.26. The van der Waals surface area contributed by atoms with Crippen molar-refractivity contribution in [3.8, 4) is 11.3 Å². The number of carbonyl (C=O) groups is 1. The normalized spacial score (nSPS) is 11.2. The number of rotatable bonds is 3. The predicted octanol–water partition coefficient (Wildman–Crippen LogP) is 2.91. The number of anilines is 1. The molecule has 0 aliphatic heterocycles. The number of alkyl halides is 3. The fourth-order valence-electron chi connectivity index (χ4n) is 1.96. The highest BCUT2D eigenvalue weighted by Crippen LogP contribution is 2.36. The summed E-state index contributed by atoms with van der Waals surface area (Å²) in [6.45, 7) is 0. The summed E-state index contributed by atoms with van der Waals surface area (Å²) >= 11 is 0. The van der Waals surface area contributed by atoms with Crippen LogP contribution in [0.4, 0.5) is 19.0 Å². The van der Waals surface area contributed by atoms with Crippen LogP contribution in [0, 0.1) is 0 Å². The van der Waals surface area contributed by atoms with Crippen LogP contribution in [0.2, 0.25) is 0 Å². The van der Waals surface area contributed by atoms with Crippen molar-refractivity contribution in [2.24, 2.45) is 5.73 Å². The van der Waals surface area contributed by atoms with E-state index < -0.39 is 23.2 Å². The number of aromatic nitrogens is 1. The number of hydrogen-bond donors (Lipinski definition) is 2. The van der Waals surface area contributed by atoms with Crippen molar-refractivity contribution in [3.05, 3.63) is 47.5 Å². The number of hydrogen-bond acceptors (Lipinski definition) is 3. The summed E-state index contributed by atoms with van der Waals surface area (Å²) in [5.41, 5.74) is 3.91. The number of benzene rings is 1. The predicted molar refractivity (Wildman–Crippen MR) is 72.7 cm³/mol. The average molecular weight is 295 g/mol. The summed E-state index contributed by atoms with van der Waals surface area (Å²) in [6.07, 6.45) is -4.71. The number of primary amides is 1. The molecule has 1 amide bonds. The number of nitrogens with one attached hydrogen (secondary N) is 1. The van der Waals surface area contributed by atoms with Gasteiger partial charge in [-0.05, 0) is 6.07 Å². The molecule has 0 saturated carbocycles. The second kappa shape index (κ2) is 5.43. The molecule has 0 radical (unpaired) electrons. The van der Waals surface area contributed by atoms with Crippen molar-refractivity contribution in [3.63, 3.8) is 0 Å². The first kappa shape index (κ1) is 14.8. The lowest BCUT2D eigenvalue weighted by atomic mass is 10.0. The molecule has 0 atom stereocenters. The molecule has 4 nitrogen and oxygen atoms in total. The molecule has 0 aliphatic rings. The molecule has 0 bridgehead atoms. The van der Waals surface area contributed by atoms with Gasteiger partial charge in [0.2, 0.25) is 0 Å². The molecule has 0 aliphatic carbocycles. The van der Waals surface area contributed by atoms with Crippen LogP contribution in [0.15, 0.2) is 36.4 Å².